The van der Waals surface area contributed by atoms with E-state index in [1.807, 2.05) is 4.57 Å². The molecule has 152 valence electrons. The molecule has 0 atom stereocenters. The van der Waals surface area contributed by atoms with Crippen molar-refractivity contribution in [1.29, 1.82) is 0 Å². The van der Waals surface area contributed by atoms with E-state index >= 15 is 0 Å². The average Bonchev–Trinajstić information content (AvgIpc) is 3.29. The molecule has 0 aliphatic carbocycles. The molecule has 1 aliphatic rings. The molecule has 1 aliphatic heterocycles. The minimum atomic E-state index is -0.650. The number of aromatic nitrogens is 5. The van der Waals surface area contributed by atoms with Gasteiger partial charge in [-0.3, -0.25) is 9.36 Å². The molecule has 9 nitrogen and oxygen atoms in total. The molecule has 5 rings (SSSR count). The summed E-state index contributed by atoms with van der Waals surface area (Å²) in [5, 5.41) is 12.1. The van der Waals surface area contributed by atoms with Gasteiger partial charge in [-0.15, -0.1) is 5.10 Å². The normalized spacial score (nSPS) is 11.7. The summed E-state index contributed by atoms with van der Waals surface area (Å²) < 4.78 is 4.46. The molecule has 0 unspecified atom stereocenters. The Labute approximate surface area is 185 Å². The molecule has 0 N–H and O–H groups in total. The Hall–Kier alpha value is -3.75. The van der Waals surface area contributed by atoms with Gasteiger partial charge in [-0.05, 0) is 57.3 Å². The predicted molar refractivity (Wildman–Crippen MR) is 116 cm³/mol. The SMILES string of the molecule is Cc1ccc(Cc2nnn3c2Cc2c(Br)ncn2-c2ccc(C(=O)N=[N+]=[N-])cc2-3)cc1. The van der Waals surface area contributed by atoms with Gasteiger partial charge >= 0.3 is 0 Å². The molecular formula is C21H15BrN8O. The van der Waals surface area contributed by atoms with Crippen LogP contribution in [0.2, 0.25) is 0 Å². The van der Waals surface area contributed by atoms with Crippen molar-refractivity contribution < 1.29 is 4.79 Å². The molecular weight excluding hydrogens is 460 g/mol. The van der Waals surface area contributed by atoms with Crippen molar-refractivity contribution in [3.05, 3.63) is 97.6 Å². The third-order valence-corrected chi connectivity index (χ3v) is 5.99. The van der Waals surface area contributed by atoms with Crippen LogP contribution in [0, 0.1) is 6.92 Å². The zero-order valence-corrected chi connectivity index (χ0v) is 18.0. The second-order valence-corrected chi connectivity index (χ2v) is 8.04. The van der Waals surface area contributed by atoms with Crippen LogP contribution in [0.15, 0.2) is 58.5 Å². The van der Waals surface area contributed by atoms with Crippen LogP contribution >= 0.6 is 15.9 Å². The van der Waals surface area contributed by atoms with Crippen molar-refractivity contribution in [2.24, 2.45) is 5.11 Å². The summed E-state index contributed by atoms with van der Waals surface area (Å²) in [6.45, 7) is 2.05. The largest absolute Gasteiger partial charge is 0.299 e. The number of amides is 1. The Bertz CT molecular complexity index is 1380. The number of azide groups is 1. The van der Waals surface area contributed by atoms with Crippen molar-refractivity contribution in [1.82, 2.24) is 24.5 Å². The van der Waals surface area contributed by atoms with Crippen LogP contribution in [0.4, 0.5) is 0 Å². The number of benzene rings is 2. The number of rotatable bonds is 3. The number of hydrogen-bond acceptors (Lipinski definition) is 4. The summed E-state index contributed by atoms with van der Waals surface area (Å²) in [5.74, 6) is -0.650. The minimum Gasteiger partial charge on any atom is -0.299 e. The maximum absolute atomic E-state index is 12.2. The molecule has 2 aromatic heterocycles. The minimum absolute atomic E-state index is 0.278. The average molecular weight is 475 g/mol. The number of imidazole rings is 1. The Morgan fingerprint density at radius 1 is 1.19 bits per heavy atom. The molecule has 10 heteroatoms. The van der Waals surface area contributed by atoms with E-state index in [-0.39, 0.29) is 5.56 Å². The van der Waals surface area contributed by atoms with E-state index in [2.05, 4.69) is 72.4 Å². The Morgan fingerprint density at radius 3 is 2.77 bits per heavy atom. The fourth-order valence-corrected chi connectivity index (χ4v) is 4.17. The van der Waals surface area contributed by atoms with Crippen LogP contribution in [0.3, 0.4) is 0 Å². The van der Waals surface area contributed by atoms with Gasteiger partial charge in [0, 0.05) is 23.3 Å². The summed E-state index contributed by atoms with van der Waals surface area (Å²) in [5.41, 5.74) is 15.4. The van der Waals surface area contributed by atoms with Crippen LogP contribution in [0.25, 0.3) is 21.8 Å². The zero-order chi connectivity index (χ0) is 21.5. The van der Waals surface area contributed by atoms with E-state index in [1.165, 1.54) is 5.56 Å². The topological polar surface area (TPSA) is 114 Å². The first-order valence-corrected chi connectivity index (χ1v) is 10.3. The van der Waals surface area contributed by atoms with Crippen molar-refractivity contribution in [3.63, 3.8) is 0 Å². The maximum Gasteiger partial charge on any atom is 0.249 e. The van der Waals surface area contributed by atoms with Gasteiger partial charge in [0.2, 0.25) is 5.91 Å². The van der Waals surface area contributed by atoms with Crippen LogP contribution in [-0.4, -0.2) is 30.5 Å². The van der Waals surface area contributed by atoms with Crippen molar-refractivity contribution in [3.8, 4) is 11.4 Å². The monoisotopic (exact) mass is 474 g/mol. The zero-order valence-electron chi connectivity index (χ0n) is 16.4. The standard InChI is InChI=1S/C21H15BrN8O/c1-12-2-4-13(5-3-12)8-15-17-10-19-20(22)24-11-29(19)16-7-6-14(21(31)26-27-23)9-18(16)30(17)28-25-15/h2-7,9,11H,8,10H2,1H3. The van der Waals surface area contributed by atoms with Gasteiger partial charge in [-0.1, -0.05) is 35.0 Å². The highest BCUT2D eigenvalue weighted by Crippen LogP contribution is 2.32. The molecule has 0 radical (unpaired) electrons. The second kappa shape index (κ2) is 7.50. The van der Waals surface area contributed by atoms with E-state index in [0.29, 0.717) is 18.5 Å². The van der Waals surface area contributed by atoms with Crippen LogP contribution in [0.5, 0.6) is 0 Å². The first-order chi connectivity index (χ1) is 15.0. The van der Waals surface area contributed by atoms with Gasteiger partial charge in [0.05, 0.1) is 28.5 Å². The highest BCUT2D eigenvalue weighted by Gasteiger charge is 2.26. The number of nitrogens with zero attached hydrogens (tertiary/aromatic N) is 8. The fourth-order valence-electron chi connectivity index (χ4n) is 3.74. The highest BCUT2D eigenvalue weighted by atomic mass is 79.9. The number of aryl methyl sites for hydroxylation is 1. The summed E-state index contributed by atoms with van der Waals surface area (Å²) in [6.07, 6.45) is 2.92. The molecule has 31 heavy (non-hydrogen) atoms. The molecule has 1 amide bonds. The third kappa shape index (κ3) is 3.31. The van der Waals surface area contributed by atoms with Crippen LogP contribution in [-0.2, 0) is 12.8 Å². The number of carbonyl (C=O) groups is 1. The lowest BCUT2D eigenvalue weighted by atomic mass is 10.1. The van der Waals surface area contributed by atoms with Gasteiger partial charge in [-0.2, -0.15) is 0 Å². The number of fused-ring (bicyclic) bond motifs is 5. The molecule has 0 spiro atoms. The van der Waals surface area contributed by atoms with Crippen molar-refractivity contribution in [2.45, 2.75) is 19.8 Å². The molecule has 4 aromatic rings. The molecule has 0 saturated carbocycles. The Balaban J connectivity index is 1.69. The second-order valence-electron chi connectivity index (χ2n) is 7.28. The lowest BCUT2D eigenvalue weighted by molar-refractivity contribution is 0.100. The smallest absolute Gasteiger partial charge is 0.249 e. The van der Waals surface area contributed by atoms with Gasteiger partial charge in [0.15, 0.2) is 0 Å². The first kappa shape index (κ1) is 19.2. The summed E-state index contributed by atoms with van der Waals surface area (Å²) >= 11 is 3.55. The number of hydrogen-bond donors (Lipinski definition) is 0. The van der Waals surface area contributed by atoms with Crippen LogP contribution in [0.1, 0.15) is 38.6 Å². The quantitative estimate of drug-likeness (QED) is 0.218. The van der Waals surface area contributed by atoms with Gasteiger partial charge in [0.25, 0.3) is 0 Å². The van der Waals surface area contributed by atoms with E-state index in [4.69, 9.17) is 5.53 Å². The van der Waals surface area contributed by atoms with E-state index in [1.54, 1.807) is 29.2 Å². The fraction of sp³-hybridized carbons (Fsp3) is 0.143. The highest BCUT2D eigenvalue weighted by molar-refractivity contribution is 9.10. The van der Waals surface area contributed by atoms with Gasteiger partial charge < -0.3 is 0 Å². The number of halogens is 1. The van der Waals surface area contributed by atoms with Crippen LogP contribution < -0.4 is 0 Å². The third-order valence-electron chi connectivity index (χ3n) is 5.33. The van der Waals surface area contributed by atoms with E-state index in [9.17, 15) is 4.79 Å². The molecule has 0 saturated heterocycles. The Kier molecular flexibility index (Phi) is 4.65. The van der Waals surface area contributed by atoms with Crippen molar-refractivity contribution in [2.75, 3.05) is 0 Å². The van der Waals surface area contributed by atoms with Gasteiger partial charge in [0.1, 0.15) is 10.9 Å². The Morgan fingerprint density at radius 2 is 2.00 bits per heavy atom. The first-order valence-electron chi connectivity index (χ1n) is 9.50. The molecule has 2 aromatic carbocycles. The summed E-state index contributed by atoms with van der Waals surface area (Å²) in [7, 11) is 0. The summed E-state index contributed by atoms with van der Waals surface area (Å²) in [4.78, 5) is 19.2. The molecule has 3 heterocycles. The predicted octanol–water partition coefficient (Wildman–Crippen LogP) is 4.47. The van der Waals surface area contributed by atoms with E-state index < -0.39 is 5.91 Å². The van der Waals surface area contributed by atoms with E-state index in [0.717, 1.165) is 32.9 Å². The molecule has 0 bridgehead atoms. The lowest BCUT2D eigenvalue weighted by Crippen LogP contribution is -2.06. The maximum atomic E-state index is 12.2. The molecule has 0 fully saturated rings. The summed E-state index contributed by atoms with van der Waals surface area (Å²) in [6, 6.07) is 13.4. The lowest BCUT2D eigenvalue weighted by Gasteiger charge is -2.10. The van der Waals surface area contributed by atoms with Crippen molar-refractivity contribution >= 4 is 21.8 Å². The number of carbonyl (C=O) groups excluding carboxylic acids is 1. The van der Waals surface area contributed by atoms with Gasteiger partial charge in [-0.25, -0.2) is 9.67 Å².